The van der Waals surface area contributed by atoms with Crippen LogP contribution in [-0.4, -0.2) is 34.7 Å². The van der Waals surface area contributed by atoms with Crippen LogP contribution in [0.15, 0.2) is 0 Å². The van der Waals surface area contributed by atoms with Gasteiger partial charge in [0.1, 0.15) is 0 Å². The number of nitrogens with one attached hydrogen (secondary N) is 1. The number of rotatable bonds is 8. The van der Waals surface area contributed by atoms with Gasteiger partial charge < -0.3 is 10.4 Å². The van der Waals surface area contributed by atoms with Gasteiger partial charge in [-0.1, -0.05) is 6.92 Å². The summed E-state index contributed by atoms with van der Waals surface area (Å²) in [6, 6.07) is 0.241. The van der Waals surface area contributed by atoms with Crippen molar-refractivity contribution in [3.63, 3.8) is 0 Å². The summed E-state index contributed by atoms with van der Waals surface area (Å²) in [5, 5.41) is 12.0. The van der Waals surface area contributed by atoms with E-state index in [4.69, 9.17) is 5.11 Å². The van der Waals surface area contributed by atoms with Gasteiger partial charge in [-0.25, -0.2) is 0 Å². The SMILES string of the molecule is CCSCCC(C)NC(=O)CCC(C)O. The summed E-state index contributed by atoms with van der Waals surface area (Å²) in [6.45, 7) is 5.86. The number of carbonyl (C=O) groups excluding carboxylic acids is 1. The lowest BCUT2D eigenvalue weighted by atomic mass is 10.2. The first kappa shape index (κ1) is 14.8. The number of aliphatic hydroxyl groups is 1. The van der Waals surface area contributed by atoms with Crippen molar-refractivity contribution >= 4 is 17.7 Å². The third kappa shape index (κ3) is 10.1. The normalized spacial score (nSPS) is 14.7. The largest absolute Gasteiger partial charge is 0.393 e. The Morgan fingerprint density at radius 3 is 2.60 bits per heavy atom. The molecule has 2 atom stereocenters. The Kier molecular flexibility index (Phi) is 8.91. The quantitative estimate of drug-likeness (QED) is 0.628. The van der Waals surface area contributed by atoms with Gasteiger partial charge >= 0.3 is 0 Å². The van der Waals surface area contributed by atoms with Crippen LogP contribution >= 0.6 is 11.8 Å². The Bertz CT molecular complexity index is 174. The maximum absolute atomic E-state index is 11.4. The second-order valence-electron chi connectivity index (χ2n) is 3.84. The number of carbonyl (C=O) groups is 1. The molecule has 2 unspecified atom stereocenters. The third-order valence-corrected chi connectivity index (χ3v) is 3.03. The molecule has 0 bridgehead atoms. The fourth-order valence-corrected chi connectivity index (χ4v) is 1.97. The molecule has 0 saturated carbocycles. The van der Waals surface area contributed by atoms with E-state index in [2.05, 4.69) is 12.2 Å². The third-order valence-electron chi connectivity index (χ3n) is 2.10. The predicted molar refractivity (Wildman–Crippen MR) is 66.1 cm³/mol. The molecule has 3 nitrogen and oxygen atoms in total. The number of hydrogen-bond acceptors (Lipinski definition) is 3. The molecular formula is C11H23NO2S. The number of aliphatic hydroxyl groups excluding tert-OH is 1. The summed E-state index contributed by atoms with van der Waals surface area (Å²) < 4.78 is 0. The lowest BCUT2D eigenvalue weighted by Crippen LogP contribution is -2.33. The van der Waals surface area contributed by atoms with Crippen LogP contribution in [0.4, 0.5) is 0 Å². The Hall–Kier alpha value is -0.220. The minimum absolute atomic E-state index is 0.0462. The van der Waals surface area contributed by atoms with Crippen molar-refractivity contribution in [1.82, 2.24) is 5.32 Å². The average Bonchev–Trinajstić information content (AvgIpc) is 2.15. The summed E-state index contributed by atoms with van der Waals surface area (Å²) in [7, 11) is 0. The molecule has 0 spiro atoms. The summed E-state index contributed by atoms with van der Waals surface area (Å²) in [6.07, 6.45) is 1.59. The van der Waals surface area contributed by atoms with E-state index >= 15 is 0 Å². The van der Waals surface area contributed by atoms with Crippen LogP contribution < -0.4 is 5.32 Å². The van der Waals surface area contributed by atoms with Gasteiger partial charge in [0.15, 0.2) is 0 Å². The molecule has 0 rings (SSSR count). The Morgan fingerprint density at radius 2 is 2.07 bits per heavy atom. The minimum atomic E-state index is -0.387. The first-order valence-corrected chi connectivity index (χ1v) is 6.76. The first-order valence-electron chi connectivity index (χ1n) is 5.61. The maximum Gasteiger partial charge on any atom is 0.220 e. The van der Waals surface area contributed by atoms with Gasteiger partial charge in [0.2, 0.25) is 5.91 Å². The number of amides is 1. The van der Waals surface area contributed by atoms with E-state index in [-0.39, 0.29) is 18.1 Å². The van der Waals surface area contributed by atoms with Crippen molar-refractivity contribution in [1.29, 1.82) is 0 Å². The molecule has 0 fully saturated rings. The molecule has 2 N–H and O–H groups in total. The monoisotopic (exact) mass is 233 g/mol. The van der Waals surface area contributed by atoms with Crippen molar-refractivity contribution in [2.45, 2.75) is 52.2 Å². The fraction of sp³-hybridized carbons (Fsp3) is 0.909. The van der Waals surface area contributed by atoms with E-state index in [0.717, 1.165) is 17.9 Å². The highest BCUT2D eigenvalue weighted by Gasteiger charge is 2.07. The van der Waals surface area contributed by atoms with E-state index in [1.807, 2.05) is 18.7 Å². The van der Waals surface area contributed by atoms with Crippen LogP contribution in [0.1, 0.15) is 40.0 Å². The van der Waals surface area contributed by atoms with Crippen LogP contribution in [-0.2, 0) is 4.79 Å². The zero-order valence-electron chi connectivity index (χ0n) is 9.95. The zero-order chi connectivity index (χ0) is 11.7. The second kappa shape index (κ2) is 9.04. The Labute approximate surface area is 97.0 Å². The van der Waals surface area contributed by atoms with Crippen LogP contribution in [0.2, 0.25) is 0 Å². The summed E-state index contributed by atoms with van der Waals surface area (Å²) in [4.78, 5) is 11.4. The van der Waals surface area contributed by atoms with Crippen molar-refractivity contribution in [3.05, 3.63) is 0 Å². The topological polar surface area (TPSA) is 49.3 Å². The second-order valence-corrected chi connectivity index (χ2v) is 5.24. The molecule has 0 aliphatic rings. The summed E-state index contributed by atoms with van der Waals surface area (Å²) in [5.41, 5.74) is 0. The Morgan fingerprint density at radius 1 is 1.40 bits per heavy atom. The summed E-state index contributed by atoms with van der Waals surface area (Å²) in [5.74, 6) is 2.27. The molecule has 0 aliphatic heterocycles. The highest BCUT2D eigenvalue weighted by molar-refractivity contribution is 7.99. The van der Waals surface area contributed by atoms with Gasteiger partial charge in [-0.2, -0.15) is 11.8 Å². The molecular weight excluding hydrogens is 210 g/mol. The standard InChI is InChI=1S/C11H23NO2S/c1-4-15-8-7-9(2)12-11(14)6-5-10(3)13/h9-10,13H,4-8H2,1-3H3,(H,12,14). The van der Waals surface area contributed by atoms with E-state index in [1.54, 1.807) is 6.92 Å². The van der Waals surface area contributed by atoms with Gasteiger partial charge in [0.25, 0.3) is 0 Å². The smallest absolute Gasteiger partial charge is 0.220 e. The molecule has 1 amide bonds. The van der Waals surface area contributed by atoms with E-state index in [0.29, 0.717) is 12.8 Å². The van der Waals surface area contributed by atoms with E-state index in [9.17, 15) is 4.79 Å². The molecule has 0 aromatic carbocycles. The molecule has 0 heterocycles. The lowest BCUT2D eigenvalue weighted by molar-refractivity contribution is -0.122. The van der Waals surface area contributed by atoms with Crippen LogP contribution in [0.25, 0.3) is 0 Å². The van der Waals surface area contributed by atoms with E-state index in [1.165, 1.54) is 0 Å². The highest BCUT2D eigenvalue weighted by Crippen LogP contribution is 2.04. The first-order chi connectivity index (χ1) is 7.06. The molecule has 15 heavy (non-hydrogen) atoms. The van der Waals surface area contributed by atoms with Crippen molar-refractivity contribution in [2.75, 3.05) is 11.5 Å². The summed E-state index contributed by atoms with van der Waals surface area (Å²) >= 11 is 1.89. The average molecular weight is 233 g/mol. The van der Waals surface area contributed by atoms with Gasteiger partial charge in [-0.15, -0.1) is 0 Å². The van der Waals surface area contributed by atoms with Crippen LogP contribution in [0, 0.1) is 0 Å². The Balaban J connectivity index is 3.49. The number of thioether (sulfide) groups is 1. The van der Waals surface area contributed by atoms with Gasteiger partial charge in [-0.05, 0) is 38.2 Å². The number of hydrogen-bond donors (Lipinski definition) is 2. The predicted octanol–water partition coefficient (Wildman–Crippen LogP) is 1.80. The van der Waals surface area contributed by atoms with Crippen LogP contribution in [0.3, 0.4) is 0 Å². The highest BCUT2D eigenvalue weighted by atomic mass is 32.2. The molecule has 0 radical (unpaired) electrons. The van der Waals surface area contributed by atoms with Crippen molar-refractivity contribution < 1.29 is 9.90 Å². The lowest BCUT2D eigenvalue weighted by Gasteiger charge is -2.13. The molecule has 0 aliphatic carbocycles. The molecule has 0 saturated heterocycles. The molecule has 0 aromatic heterocycles. The zero-order valence-corrected chi connectivity index (χ0v) is 10.8. The fourth-order valence-electron chi connectivity index (χ4n) is 1.16. The van der Waals surface area contributed by atoms with E-state index < -0.39 is 0 Å². The maximum atomic E-state index is 11.4. The van der Waals surface area contributed by atoms with Gasteiger partial charge in [0.05, 0.1) is 6.10 Å². The molecule has 90 valence electrons. The molecule has 4 heteroatoms. The van der Waals surface area contributed by atoms with Gasteiger partial charge in [-0.3, -0.25) is 4.79 Å². The van der Waals surface area contributed by atoms with Crippen LogP contribution in [0.5, 0.6) is 0 Å². The molecule has 0 aromatic rings. The van der Waals surface area contributed by atoms with Crippen molar-refractivity contribution in [3.8, 4) is 0 Å². The van der Waals surface area contributed by atoms with Crippen molar-refractivity contribution in [2.24, 2.45) is 0 Å². The minimum Gasteiger partial charge on any atom is -0.393 e. The van der Waals surface area contributed by atoms with Gasteiger partial charge in [0, 0.05) is 12.5 Å².